The van der Waals surface area contributed by atoms with Gasteiger partial charge in [0.2, 0.25) is 5.91 Å². The maximum Gasteiger partial charge on any atom is 0.248 e. The highest BCUT2D eigenvalue weighted by Gasteiger charge is 2.25. The molecule has 2 rings (SSSR count). The quantitative estimate of drug-likeness (QED) is 0.888. The van der Waals surface area contributed by atoms with Crippen LogP contribution in [-0.2, 0) is 4.74 Å². The molecule has 110 valence electrons. The first kappa shape index (κ1) is 14.9. The van der Waals surface area contributed by atoms with Gasteiger partial charge in [0, 0.05) is 23.9 Å². The predicted octanol–water partition coefficient (Wildman–Crippen LogP) is 2.71. The Labute approximate surface area is 120 Å². The van der Waals surface area contributed by atoms with Crippen molar-refractivity contribution in [3.8, 4) is 0 Å². The van der Waals surface area contributed by atoms with Gasteiger partial charge in [-0.2, -0.15) is 0 Å². The minimum Gasteiger partial charge on any atom is -0.382 e. The third-order valence-electron chi connectivity index (χ3n) is 3.93. The zero-order valence-corrected chi connectivity index (χ0v) is 12.5. The Kier molecular flexibility index (Phi) is 4.65. The van der Waals surface area contributed by atoms with E-state index in [0.717, 1.165) is 30.7 Å². The van der Waals surface area contributed by atoms with Gasteiger partial charge in [0.15, 0.2) is 0 Å². The number of hydrogen-bond acceptors (Lipinski definition) is 3. The van der Waals surface area contributed by atoms with Crippen LogP contribution in [0.2, 0.25) is 0 Å². The number of carbonyl (C=O) groups is 1. The number of benzene rings is 1. The summed E-state index contributed by atoms with van der Waals surface area (Å²) in [5, 5.41) is 3.57. The lowest BCUT2D eigenvalue weighted by Crippen LogP contribution is -2.36. The normalized spacial score (nSPS) is 22.8. The first-order valence-corrected chi connectivity index (χ1v) is 7.26. The van der Waals surface area contributed by atoms with Gasteiger partial charge in [0.25, 0.3) is 0 Å². The number of nitrogens with one attached hydrogen (secondary N) is 1. The van der Waals surface area contributed by atoms with E-state index < -0.39 is 0 Å². The molecule has 0 spiro atoms. The minimum absolute atomic E-state index is 0.325. The summed E-state index contributed by atoms with van der Waals surface area (Å²) in [6, 6.07) is 5.98. The minimum atomic E-state index is -0.384. The monoisotopic (exact) mass is 276 g/mol. The van der Waals surface area contributed by atoms with Crippen molar-refractivity contribution in [2.24, 2.45) is 11.7 Å². The molecule has 1 aliphatic rings. The molecular formula is C16H24N2O2. The van der Waals surface area contributed by atoms with Gasteiger partial charge in [0.1, 0.15) is 0 Å². The van der Waals surface area contributed by atoms with Crippen LogP contribution in [-0.4, -0.2) is 24.7 Å². The second kappa shape index (κ2) is 6.27. The van der Waals surface area contributed by atoms with Crippen LogP contribution in [0.3, 0.4) is 0 Å². The van der Waals surface area contributed by atoms with E-state index in [1.54, 1.807) is 6.07 Å². The topological polar surface area (TPSA) is 64.4 Å². The second-order valence-electron chi connectivity index (χ2n) is 5.91. The van der Waals surface area contributed by atoms with E-state index in [9.17, 15) is 4.79 Å². The second-order valence-corrected chi connectivity index (χ2v) is 5.91. The van der Waals surface area contributed by atoms with E-state index in [1.165, 1.54) is 0 Å². The van der Waals surface area contributed by atoms with Crippen molar-refractivity contribution >= 4 is 11.6 Å². The fourth-order valence-electron chi connectivity index (χ4n) is 2.62. The Hall–Kier alpha value is -1.55. The largest absolute Gasteiger partial charge is 0.382 e. The van der Waals surface area contributed by atoms with Gasteiger partial charge >= 0.3 is 0 Å². The summed E-state index contributed by atoms with van der Waals surface area (Å²) >= 11 is 0. The van der Waals surface area contributed by atoms with Crippen LogP contribution in [0.5, 0.6) is 0 Å². The molecule has 1 amide bonds. The fraction of sp³-hybridized carbons (Fsp3) is 0.562. The molecule has 0 aliphatic carbocycles. The van der Waals surface area contributed by atoms with Gasteiger partial charge in [-0.15, -0.1) is 0 Å². The first-order valence-electron chi connectivity index (χ1n) is 7.26. The number of aryl methyl sites for hydroxylation is 1. The molecule has 3 N–H and O–H groups in total. The number of rotatable bonds is 4. The molecule has 0 bridgehead atoms. The van der Waals surface area contributed by atoms with Gasteiger partial charge in [0.05, 0.1) is 6.10 Å². The maximum absolute atomic E-state index is 11.2. The molecule has 1 aromatic carbocycles. The third-order valence-corrected chi connectivity index (χ3v) is 3.93. The number of anilines is 1. The molecular weight excluding hydrogens is 252 g/mol. The Morgan fingerprint density at radius 2 is 2.20 bits per heavy atom. The standard InChI is InChI=1S/C16H24N2O2/c1-10(2)15-9-13(6-7-20-15)18-14-5-4-12(16(17)19)8-11(14)3/h4-5,8,10,13,15,18H,6-7,9H2,1-3H3,(H2,17,19). The van der Waals surface area contributed by atoms with Crippen LogP contribution < -0.4 is 11.1 Å². The van der Waals surface area contributed by atoms with E-state index in [2.05, 4.69) is 19.2 Å². The summed E-state index contributed by atoms with van der Waals surface area (Å²) < 4.78 is 5.79. The Morgan fingerprint density at radius 3 is 2.80 bits per heavy atom. The van der Waals surface area contributed by atoms with E-state index in [-0.39, 0.29) is 5.91 Å². The number of carbonyl (C=O) groups excluding carboxylic acids is 1. The summed E-state index contributed by atoms with van der Waals surface area (Å²) in [6.07, 6.45) is 2.36. The van der Waals surface area contributed by atoms with Crippen molar-refractivity contribution in [3.63, 3.8) is 0 Å². The van der Waals surface area contributed by atoms with E-state index in [4.69, 9.17) is 10.5 Å². The number of hydrogen-bond donors (Lipinski definition) is 2. The fourth-order valence-corrected chi connectivity index (χ4v) is 2.62. The molecule has 1 fully saturated rings. The summed E-state index contributed by atoms with van der Waals surface area (Å²) in [6.45, 7) is 7.19. The maximum atomic E-state index is 11.2. The van der Waals surface area contributed by atoms with Crippen LogP contribution in [0.15, 0.2) is 18.2 Å². The molecule has 0 aromatic heterocycles. The van der Waals surface area contributed by atoms with E-state index >= 15 is 0 Å². The number of primary amides is 1. The molecule has 0 radical (unpaired) electrons. The molecule has 4 heteroatoms. The lowest BCUT2D eigenvalue weighted by Gasteiger charge is -2.33. The van der Waals surface area contributed by atoms with Gasteiger partial charge < -0.3 is 15.8 Å². The molecule has 4 nitrogen and oxygen atoms in total. The number of amides is 1. The zero-order chi connectivity index (χ0) is 14.7. The van der Waals surface area contributed by atoms with E-state index in [1.807, 2.05) is 19.1 Å². The van der Waals surface area contributed by atoms with Crippen molar-refractivity contribution in [2.45, 2.75) is 45.8 Å². The van der Waals surface area contributed by atoms with Crippen LogP contribution in [0.4, 0.5) is 5.69 Å². The van der Waals surface area contributed by atoms with Gasteiger partial charge in [-0.05, 0) is 49.4 Å². The van der Waals surface area contributed by atoms with Gasteiger partial charge in [-0.3, -0.25) is 4.79 Å². The van der Waals surface area contributed by atoms with Crippen molar-refractivity contribution in [2.75, 3.05) is 11.9 Å². The van der Waals surface area contributed by atoms with Crippen molar-refractivity contribution in [1.82, 2.24) is 0 Å². The van der Waals surface area contributed by atoms with Crippen LogP contribution in [0.1, 0.15) is 42.6 Å². The SMILES string of the molecule is Cc1cc(C(N)=O)ccc1NC1CCOC(C(C)C)C1. The molecule has 2 unspecified atom stereocenters. The highest BCUT2D eigenvalue weighted by molar-refractivity contribution is 5.93. The van der Waals surface area contributed by atoms with Crippen molar-refractivity contribution in [3.05, 3.63) is 29.3 Å². The van der Waals surface area contributed by atoms with Crippen LogP contribution >= 0.6 is 0 Å². The van der Waals surface area contributed by atoms with Crippen molar-refractivity contribution < 1.29 is 9.53 Å². The third kappa shape index (κ3) is 3.51. The van der Waals surface area contributed by atoms with E-state index in [0.29, 0.717) is 23.6 Å². The Morgan fingerprint density at radius 1 is 1.45 bits per heavy atom. The summed E-state index contributed by atoms with van der Waals surface area (Å²) in [7, 11) is 0. The van der Waals surface area contributed by atoms with Gasteiger partial charge in [-0.1, -0.05) is 13.8 Å². The summed E-state index contributed by atoms with van der Waals surface area (Å²) in [4.78, 5) is 11.2. The van der Waals surface area contributed by atoms with Crippen LogP contribution in [0.25, 0.3) is 0 Å². The Bertz CT molecular complexity index is 485. The average Bonchev–Trinajstić information content (AvgIpc) is 2.41. The smallest absolute Gasteiger partial charge is 0.248 e. The van der Waals surface area contributed by atoms with Crippen molar-refractivity contribution in [1.29, 1.82) is 0 Å². The average molecular weight is 276 g/mol. The van der Waals surface area contributed by atoms with Gasteiger partial charge in [-0.25, -0.2) is 0 Å². The first-order chi connectivity index (χ1) is 9.47. The predicted molar refractivity (Wildman–Crippen MR) is 80.9 cm³/mol. The summed E-state index contributed by atoms with van der Waals surface area (Å²) in [5.74, 6) is 0.156. The summed E-state index contributed by atoms with van der Waals surface area (Å²) in [5.41, 5.74) is 7.97. The highest BCUT2D eigenvalue weighted by atomic mass is 16.5. The van der Waals surface area contributed by atoms with Crippen LogP contribution in [0, 0.1) is 12.8 Å². The number of nitrogens with two attached hydrogens (primary N) is 1. The Balaban J connectivity index is 2.04. The molecule has 1 saturated heterocycles. The molecule has 1 aromatic rings. The highest BCUT2D eigenvalue weighted by Crippen LogP contribution is 2.25. The molecule has 20 heavy (non-hydrogen) atoms. The lowest BCUT2D eigenvalue weighted by atomic mass is 9.95. The molecule has 1 heterocycles. The molecule has 1 aliphatic heterocycles. The zero-order valence-electron chi connectivity index (χ0n) is 12.5. The lowest BCUT2D eigenvalue weighted by molar-refractivity contribution is -0.0160. The molecule has 2 atom stereocenters. The molecule has 0 saturated carbocycles. The number of ether oxygens (including phenoxy) is 1.